The van der Waals surface area contributed by atoms with Crippen LogP contribution in [0, 0.1) is 0 Å². The fourth-order valence-corrected chi connectivity index (χ4v) is 3.59. The number of fused-ring (bicyclic) bond motifs is 1. The van der Waals surface area contributed by atoms with Gasteiger partial charge in [-0.1, -0.05) is 0 Å². The summed E-state index contributed by atoms with van der Waals surface area (Å²) in [5.41, 5.74) is 2.02. The number of methoxy groups -OCH3 is 1. The summed E-state index contributed by atoms with van der Waals surface area (Å²) < 4.78 is 47.2. The van der Waals surface area contributed by atoms with E-state index in [4.69, 9.17) is 4.74 Å². The lowest BCUT2D eigenvalue weighted by Gasteiger charge is -2.37. The zero-order chi connectivity index (χ0) is 23.6. The summed E-state index contributed by atoms with van der Waals surface area (Å²) in [4.78, 5) is 26.7. The second-order valence-corrected chi connectivity index (χ2v) is 7.63. The average Bonchev–Trinajstić information content (AvgIpc) is 3.15. The molecule has 174 valence electrons. The molecule has 0 aliphatic heterocycles. The number of rotatable bonds is 6. The molecule has 1 saturated carbocycles. The Morgan fingerprint density at radius 1 is 1.21 bits per heavy atom. The molecule has 2 amide bonds. The molecule has 0 radical (unpaired) electrons. The molecule has 0 bridgehead atoms. The number of nitrogens with zero attached hydrogens (tertiary/aromatic N) is 3. The van der Waals surface area contributed by atoms with E-state index in [1.54, 1.807) is 21.7 Å². The van der Waals surface area contributed by atoms with Crippen LogP contribution in [0.5, 0.6) is 5.75 Å². The van der Waals surface area contributed by atoms with Crippen LogP contribution in [0.2, 0.25) is 0 Å². The van der Waals surface area contributed by atoms with Gasteiger partial charge in [0, 0.05) is 24.5 Å². The molecule has 33 heavy (non-hydrogen) atoms. The molecule has 1 N–H and O–H groups in total. The van der Waals surface area contributed by atoms with Crippen LogP contribution in [0.3, 0.4) is 0 Å². The molecule has 0 unspecified atom stereocenters. The van der Waals surface area contributed by atoms with Crippen LogP contribution in [0.15, 0.2) is 48.8 Å². The molecule has 11 heteroatoms. The standard InChI is InChI=1S/C22H21F3N4O4/c1-32-20(30)18-12-26-29-10-9-14(11-19(18)29)13-28(16-3-2-4-16)21(31)27-15-5-7-17(8-6-15)33-22(23,24)25/h5-12,16H,2-4,13H2,1H3,(H,27,31). The van der Waals surface area contributed by atoms with Crippen LogP contribution < -0.4 is 10.1 Å². The summed E-state index contributed by atoms with van der Waals surface area (Å²) in [6.07, 6.45) is 1.06. The van der Waals surface area contributed by atoms with Gasteiger partial charge in [0.2, 0.25) is 0 Å². The number of carbonyl (C=O) groups is 2. The van der Waals surface area contributed by atoms with Crippen LogP contribution in [-0.4, -0.2) is 46.0 Å². The number of amides is 2. The molecular formula is C22H21F3N4O4. The monoisotopic (exact) mass is 462 g/mol. The molecule has 1 fully saturated rings. The van der Waals surface area contributed by atoms with Gasteiger partial charge < -0.3 is 19.7 Å². The van der Waals surface area contributed by atoms with E-state index in [0.29, 0.717) is 16.8 Å². The fourth-order valence-electron chi connectivity index (χ4n) is 3.59. The summed E-state index contributed by atoms with van der Waals surface area (Å²) in [6.45, 7) is 0.286. The average molecular weight is 462 g/mol. The third kappa shape index (κ3) is 5.18. The Labute approximate surface area is 186 Å². The van der Waals surface area contributed by atoms with Crippen molar-refractivity contribution in [1.29, 1.82) is 0 Å². The predicted octanol–water partition coefficient (Wildman–Crippen LogP) is 4.61. The van der Waals surface area contributed by atoms with E-state index in [2.05, 4.69) is 15.2 Å². The largest absolute Gasteiger partial charge is 0.573 e. The van der Waals surface area contributed by atoms with Crippen molar-refractivity contribution >= 4 is 23.2 Å². The quantitative estimate of drug-likeness (QED) is 0.541. The first-order valence-corrected chi connectivity index (χ1v) is 10.2. The minimum absolute atomic E-state index is 0.0408. The van der Waals surface area contributed by atoms with E-state index < -0.39 is 12.3 Å². The van der Waals surface area contributed by atoms with Gasteiger partial charge in [0.15, 0.2) is 0 Å². The molecule has 4 rings (SSSR count). The van der Waals surface area contributed by atoms with Crippen LogP contribution in [0.25, 0.3) is 5.52 Å². The van der Waals surface area contributed by atoms with Crippen molar-refractivity contribution in [2.24, 2.45) is 0 Å². The summed E-state index contributed by atoms with van der Waals surface area (Å²) in [6, 6.07) is 8.23. The molecule has 2 heterocycles. The van der Waals surface area contributed by atoms with Crippen molar-refractivity contribution in [1.82, 2.24) is 14.5 Å². The number of esters is 1. The number of carbonyl (C=O) groups excluding carboxylic acids is 2. The lowest BCUT2D eigenvalue weighted by Crippen LogP contribution is -2.45. The molecule has 1 aromatic carbocycles. The number of nitrogens with one attached hydrogen (secondary N) is 1. The van der Waals surface area contributed by atoms with Crippen LogP contribution in [0.4, 0.5) is 23.7 Å². The van der Waals surface area contributed by atoms with Crippen molar-refractivity contribution in [3.8, 4) is 5.75 Å². The molecular weight excluding hydrogens is 441 g/mol. The van der Waals surface area contributed by atoms with Gasteiger partial charge in [-0.15, -0.1) is 13.2 Å². The number of hydrogen-bond donors (Lipinski definition) is 1. The highest BCUT2D eigenvalue weighted by Crippen LogP contribution is 2.28. The second-order valence-electron chi connectivity index (χ2n) is 7.63. The van der Waals surface area contributed by atoms with Crippen molar-refractivity contribution in [3.05, 3.63) is 59.9 Å². The van der Waals surface area contributed by atoms with Gasteiger partial charge in [0.05, 0.1) is 18.8 Å². The van der Waals surface area contributed by atoms with Crippen LogP contribution >= 0.6 is 0 Å². The first-order valence-electron chi connectivity index (χ1n) is 10.2. The maximum atomic E-state index is 13.0. The van der Waals surface area contributed by atoms with E-state index in [1.165, 1.54) is 25.4 Å². The Morgan fingerprint density at radius 2 is 1.94 bits per heavy atom. The van der Waals surface area contributed by atoms with Crippen molar-refractivity contribution < 1.29 is 32.2 Å². The summed E-state index contributed by atoms with van der Waals surface area (Å²) in [7, 11) is 1.29. The molecule has 2 aromatic heterocycles. The number of hydrogen-bond acceptors (Lipinski definition) is 5. The number of ether oxygens (including phenoxy) is 2. The predicted molar refractivity (Wildman–Crippen MR) is 112 cm³/mol. The van der Waals surface area contributed by atoms with E-state index >= 15 is 0 Å². The van der Waals surface area contributed by atoms with Crippen LogP contribution in [0.1, 0.15) is 35.2 Å². The van der Waals surface area contributed by atoms with E-state index in [-0.39, 0.29) is 24.4 Å². The lowest BCUT2D eigenvalue weighted by molar-refractivity contribution is -0.274. The Bertz CT molecular complexity index is 1160. The van der Waals surface area contributed by atoms with Gasteiger partial charge in [0.1, 0.15) is 11.3 Å². The third-order valence-electron chi connectivity index (χ3n) is 5.46. The number of halogens is 3. The number of aromatic nitrogens is 2. The van der Waals surface area contributed by atoms with Gasteiger partial charge in [-0.05, 0) is 61.2 Å². The first kappa shape index (κ1) is 22.4. The molecule has 0 atom stereocenters. The maximum Gasteiger partial charge on any atom is 0.573 e. The van der Waals surface area contributed by atoms with Gasteiger partial charge in [-0.3, -0.25) is 0 Å². The summed E-state index contributed by atoms with van der Waals surface area (Å²) >= 11 is 0. The topological polar surface area (TPSA) is 85.2 Å². The van der Waals surface area contributed by atoms with E-state index in [9.17, 15) is 22.8 Å². The summed E-state index contributed by atoms with van der Waals surface area (Å²) in [5, 5.41) is 6.86. The number of alkyl halides is 3. The zero-order valence-corrected chi connectivity index (χ0v) is 17.6. The number of urea groups is 1. The smallest absolute Gasteiger partial charge is 0.465 e. The molecule has 3 aromatic rings. The normalized spacial score (nSPS) is 13.9. The molecule has 8 nitrogen and oxygen atoms in total. The van der Waals surface area contributed by atoms with Gasteiger partial charge in [0.25, 0.3) is 0 Å². The van der Waals surface area contributed by atoms with Gasteiger partial charge in [-0.25, -0.2) is 14.1 Å². The van der Waals surface area contributed by atoms with Crippen molar-refractivity contribution in [2.45, 2.75) is 38.2 Å². The van der Waals surface area contributed by atoms with E-state index in [0.717, 1.165) is 37.0 Å². The second kappa shape index (κ2) is 9.00. The lowest BCUT2D eigenvalue weighted by atomic mass is 9.91. The summed E-state index contributed by atoms with van der Waals surface area (Å²) in [5.74, 6) is -0.874. The third-order valence-corrected chi connectivity index (χ3v) is 5.46. The number of pyridine rings is 1. The number of anilines is 1. The number of benzene rings is 1. The Balaban J connectivity index is 1.50. The highest BCUT2D eigenvalue weighted by atomic mass is 19.4. The highest BCUT2D eigenvalue weighted by molar-refractivity contribution is 5.96. The SMILES string of the molecule is COC(=O)c1cnn2ccc(CN(C(=O)Nc3ccc(OC(F)(F)F)cc3)C3CCC3)cc12. The Morgan fingerprint density at radius 3 is 2.55 bits per heavy atom. The molecule has 0 saturated heterocycles. The van der Waals surface area contributed by atoms with Crippen molar-refractivity contribution in [3.63, 3.8) is 0 Å². The van der Waals surface area contributed by atoms with Gasteiger partial charge >= 0.3 is 18.4 Å². The highest BCUT2D eigenvalue weighted by Gasteiger charge is 2.31. The van der Waals surface area contributed by atoms with Crippen molar-refractivity contribution in [2.75, 3.05) is 12.4 Å². The Kier molecular flexibility index (Phi) is 6.12. The minimum atomic E-state index is -4.78. The first-order chi connectivity index (χ1) is 15.7. The Hall–Kier alpha value is -3.76. The van der Waals surface area contributed by atoms with Gasteiger partial charge in [-0.2, -0.15) is 5.10 Å². The molecule has 1 aliphatic carbocycles. The fraction of sp³-hybridized carbons (Fsp3) is 0.318. The zero-order valence-electron chi connectivity index (χ0n) is 17.6. The maximum absolute atomic E-state index is 13.0. The minimum Gasteiger partial charge on any atom is -0.465 e. The molecule has 1 aliphatic rings. The van der Waals surface area contributed by atoms with E-state index in [1.807, 2.05) is 6.07 Å². The van der Waals surface area contributed by atoms with Crippen LogP contribution in [-0.2, 0) is 11.3 Å². The molecule has 0 spiro atoms.